The van der Waals surface area contributed by atoms with Crippen LogP contribution in [0.5, 0.6) is 0 Å². The topological polar surface area (TPSA) is 26.3 Å². The number of carbonyl (C=O) groups excluding carboxylic acids is 1. The van der Waals surface area contributed by atoms with Crippen molar-refractivity contribution in [2.75, 3.05) is 7.11 Å². The van der Waals surface area contributed by atoms with E-state index in [1.165, 1.54) is 29.4 Å². The van der Waals surface area contributed by atoms with Gasteiger partial charge in [0, 0.05) is 5.39 Å². The number of benzene rings is 3. The monoisotopic (exact) mass is 274 g/mol. The number of fused-ring (bicyclic) bond motifs is 5. The van der Waals surface area contributed by atoms with Crippen molar-refractivity contribution < 1.29 is 9.53 Å². The molecule has 0 bridgehead atoms. The predicted molar refractivity (Wildman–Crippen MR) is 83.5 cm³/mol. The molecular formula is C19H14O2. The summed E-state index contributed by atoms with van der Waals surface area (Å²) >= 11 is 0. The molecule has 102 valence electrons. The van der Waals surface area contributed by atoms with Gasteiger partial charge in [0.15, 0.2) is 0 Å². The van der Waals surface area contributed by atoms with E-state index in [0.29, 0.717) is 5.56 Å². The van der Waals surface area contributed by atoms with Crippen LogP contribution in [0.3, 0.4) is 0 Å². The third-order valence-corrected chi connectivity index (χ3v) is 4.20. The molecule has 21 heavy (non-hydrogen) atoms. The molecule has 0 aromatic heterocycles. The third kappa shape index (κ3) is 1.69. The molecule has 2 nitrogen and oxygen atoms in total. The van der Waals surface area contributed by atoms with Gasteiger partial charge in [-0.3, -0.25) is 0 Å². The van der Waals surface area contributed by atoms with Crippen LogP contribution in [0.2, 0.25) is 0 Å². The molecule has 3 aromatic carbocycles. The number of methoxy groups -OCH3 is 1. The van der Waals surface area contributed by atoms with Gasteiger partial charge in [-0.15, -0.1) is 0 Å². The number of hydrogen-bond donors (Lipinski definition) is 0. The minimum absolute atomic E-state index is 0.279. The lowest BCUT2D eigenvalue weighted by molar-refractivity contribution is 0.0603. The maximum absolute atomic E-state index is 12.1. The van der Waals surface area contributed by atoms with E-state index in [1.807, 2.05) is 24.3 Å². The summed E-state index contributed by atoms with van der Waals surface area (Å²) < 4.78 is 4.95. The summed E-state index contributed by atoms with van der Waals surface area (Å²) in [7, 11) is 1.43. The summed E-state index contributed by atoms with van der Waals surface area (Å²) in [6, 6.07) is 18.4. The lowest BCUT2D eigenvalue weighted by Crippen LogP contribution is -2.02. The van der Waals surface area contributed by atoms with E-state index in [0.717, 1.165) is 17.2 Å². The molecule has 0 aliphatic heterocycles. The van der Waals surface area contributed by atoms with Crippen molar-refractivity contribution in [2.24, 2.45) is 0 Å². The molecule has 0 saturated heterocycles. The molecule has 1 aliphatic rings. The Morgan fingerprint density at radius 2 is 1.81 bits per heavy atom. The Labute approximate surface area is 123 Å². The average Bonchev–Trinajstić information content (AvgIpc) is 2.92. The van der Waals surface area contributed by atoms with E-state index < -0.39 is 0 Å². The lowest BCUT2D eigenvalue weighted by atomic mass is 9.94. The highest BCUT2D eigenvalue weighted by Crippen LogP contribution is 2.42. The summed E-state index contributed by atoms with van der Waals surface area (Å²) in [6.45, 7) is 0. The SMILES string of the molecule is COC(=O)c1cccc2ccc3c(c12)-c1ccccc1C3. The van der Waals surface area contributed by atoms with Gasteiger partial charge in [0.05, 0.1) is 12.7 Å². The van der Waals surface area contributed by atoms with Crippen LogP contribution in [0.1, 0.15) is 21.5 Å². The Hall–Kier alpha value is -2.61. The van der Waals surface area contributed by atoms with Crippen molar-refractivity contribution in [3.8, 4) is 11.1 Å². The van der Waals surface area contributed by atoms with Gasteiger partial charge in [-0.25, -0.2) is 4.79 Å². The molecule has 0 heterocycles. The van der Waals surface area contributed by atoms with Crippen LogP contribution in [-0.4, -0.2) is 13.1 Å². The van der Waals surface area contributed by atoms with Gasteiger partial charge in [0.25, 0.3) is 0 Å². The fourth-order valence-corrected chi connectivity index (χ4v) is 3.28. The standard InChI is InChI=1S/C19H14O2/c1-21-19(20)16-8-4-6-12-9-10-14-11-13-5-2-3-7-15(13)18(14)17(12)16/h2-10H,11H2,1H3. The fourth-order valence-electron chi connectivity index (χ4n) is 3.28. The second kappa shape index (κ2) is 4.45. The number of ether oxygens (including phenoxy) is 1. The van der Waals surface area contributed by atoms with Crippen molar-refractivity contribution in [3.63, 3.8) is 0 Å². The molecule has 0 radical (unpaired) electrons. The van der Waals surface area contributed by atoms with Crippen LogP contribution < -0.4 is 0 Å². The molecule has 4 rings (SSSR count). The maximum atomic E-state index is 12.1. The predicted octanol–water partition coefficient (Wildman–Crippen LogP) is 4.20. The minimum Gasteiger partial charge on any atom is -0.465 e. The first-order chi connectivity index (χ1) is 10.3. The first kappa shape index (κ1) is 12.2. The van der Waals surface area contributed by atoms with E-state index in [2.05, 4.69) is 30.3 Å². The van der Waals surface area contributed by atoms with Crippen LogP contribution in [0.15, 0.2) is 54.6 Å². The highest BCUT2D eigenvalue weighted by atomic mass is 16.5. The highest BCUT2D eigenvalue weighted by molar-refractivity contribution is 6.12. The van der Waals surface area contributed by atoms with Gasteiger partial charge in [0.1, 0.15) is 0 Å². The van der Waals surface area contributed by atoms with Gasteiger partial charge >= 0.3 is 5.97 Å². The second-order valence-corrected chi connectivity index (χ2v) is 5.33. The molecule has 1 aliphatic carbocycles. The van der Waals surface area contributed by atoms with E-state index in [-0.39, 0.29) is 5.97 Å². The smallest absolute Gasteiger partial charge is 0.338 e. The largest absolute Gasteiger partial charge is 0.465 e. The van der Waals surface area contributed by atoms with Gasteiger partial charge in [-0.2, -0.15) is 0 Å². The first-order valence-corrected chi connectivity index (χ1v) is 7.01. The first-order valence-electron chi connectivity index (χ1n) is 7.01. The molecule has 0 unspecified atom stereocenters. The van der Waals surface area contributed by atoms with E-state index >= 15 is 0 Å². The molecular weight excluding hydrogens is 260 g/mol. The summed E-state index contributed by atoms with van der Waals surface area (Å²) in [5.74, 6) is -0.279. The Balaban J connectivity index is 2.14. The van der Waals surface area contributed by atoms with Gasteiger partial charge in [-0.05, 0) is 40.1 Å². The number of carbonyl (C=O) groups is 1. The molecule has 3 aromatic rings. The summed E-state index contributed by atoms with van der Waals surface area (Å²) in [5.41, 5.74) is 5.65. The third-order valence-electron chi connectivity index (χ3n) is 4.20. The maximum Gasteiger partial charge on any atom is 0.338 e. The van der Waals surface area contributed by atoms with E-state index in [1.54, 1.807) is 0 Å². The van der Waals surface area contributed by atoms with Crippen LogP contribution in [0.25, 0.3) is 21.9 Å². The van der Waals surface area contributed by atoms with Crippen molar-refractivity contribution in [2.45, 2.75) is 6.42 Å². The van der Waals surface area contributed by atoms with Gasteiger partial charge in [-0.1, -0.05) is 48.5 Å². The average molecular weight is 274 g/mol. The summed E-state index contributed by atoms with van der Waals surface area (Å²) in [6.07, 6.45) is 0.928. The zero-order valence-electron chi connectivity index (χ0n) is 11.7. The van der Waals surface area contributed by atoms with Crippen molar-refractivity contribution in [1.29, 1.82) is 0 Å². The number of hydrogen-bond acceptors (Lipinski definition) is 2. The number of rotatable bonds is 1. The van der Waals surface area contributed by atoms with Crippen molar-refractivity contribution in [3.05, 3.63) is 71.3 Å². The highest BCUT2D eigenvalue weighted by Gasteiger charge is 2.23. The van der Waals surface area contributed by atoms with E-state index in [4.69, 9.17) is 4.74 Å². The zero-order valence-corrected chi connectivity index (χ0v) is 11.7. The molecule has 0 amide bonds. The molecule has 0 saturated carbocycles. The van der Waals surface area contributed by atoms with Crippen molar-refractivity contribution >= 4 is 16.7 Å². The lowest BCUT2D eigenvalue weighted by Gasteiger charge is -2.11. The van der Waals surface area contributed by atoms with Crippen molar-refractivity contribution in [1.82, 2.24) is 0 Å². The summed E-state index contributed by atoms with van der Waals surface area (Å²) in [4.78, 5) is 12.1. The second-order valence-electron chi connectivity index (χ2n) is 5.33. The van der Waals surface area contributed by atoms with Gasteiger partial charge < -0.3 is 4.74 Å². The fraction of sp³-hybridized carbons (Fsp3) is 0.105. The van der Waals surface area contributed by atoms with Crippen LogP contribution >= 0.6 is 0 Å². The molecule has 0 atom stereocenters. The Morgan fingerprint density at radius 1 is 0.952 bits per heavy atom. The van der Waals surface area contributed by atoms with Gasteiger partial charge in [0.2, 0.25) is 0 Å². The summed E-state index contributed by atoms with van der Waals surface area (Å²) in [5, 5.41) is 2.08. The minimum atomic E-state index is -0.279. The Bertz CT molecular complexity index is 878. The number of esters is 1. The van der Waals surface area contributed by atoms with E-state index in [9.17, 15) is 4.79 Å². The van der Waals surface area contributed by atoms with Crippen LogP contribution in [0, 0.1) is 0 Å². The van der Waals surface area contributed by atoms with Crippen LogP contribution in [-0.2, 0) is 11.2 Å². The normalized spacial score (nSPS) is 12.0. The zero-order chi connectivity index (χ0) is 14.4. The molecule has 2 heteroatoms. The van der Waals surface area contributed by atoms with Crippen LogP contribution in [0.4, 0.5) is 0 Å². The quantitative estimate of drug-likeness (QED) is 0.486. The Morgan fingerprint density at radius 3 is 2.67 bits per heavy atom. The Kier molecular flexibility index (Phi) is 2.58. The molecule has 0 spiro atoms. The molecule has 0 N–H and O–H groups in total. The molecule has 0 fully saturated rings.